The van der Waals surface area contributed by atoms with Crippen molar-refractivity contribution in [3.8, 4) is 5.75 Å². The average Bonchev–Trinajstić information content (AvgIpc) is 2.33. The molecule has 1 aromatic carbocycles. The van der Waals surface area contributed by atoms with E-state index in [1.165, 1.54) is 48.8 Å². The fourth-order valence-electron chi connectivity index (χ4n) is 2.33. The second kappa shape index (κ2) is 7.37. The van der Waals surface area contributed by atoms with E-state index in [1.54, 1.807) is 0 Å². The van der Waals surface area contributed by atoms with Crippen molar-refractivity contribution in [2.45, 2.75) is 65.7 Å². The Kier molecular flexibility index (Phi) is 6.10. The van der Waals surface area contributed by atoms with E-state index in [2.05, 4.69) is 20.8 Å². The van der Waals surface area contributed by atoms with Crippen molar-refractivity contribution < 1.29 is 5.11 Å². The number of phenolic OH excluding ortho intramolecular Hbond substituents is 1. The van der Waals surface area contributed by atoms with E-state index < -0.39 is 0 Å². The van der Waals surface area contributed by atoms with Crippen molar-refractivity contribution in [1.82, 2.24) is 0 Å². The zero-order chi connectivity index (χ0) is 12.7. The fraction of sp³-hybridized carbons (Fsp3) is 0.625. The Hall–Kier alpha value is -0.980. The smallest absolute Gasteiger partial charge is 0.119 e. The lowest BCUT2D eigenvalue weighted by atomic mass is 9.93. The normalized spacial score (nSPS) is 10.8. The van der Waals surface area contributed by atoms with Crippen molar-refractivity contribution in [3.05, 3.63) is 28.8 Å². The zero-order valence-electron chi connectivity index (χ0n) is 11.6. The lowest BCUT2D eigenvalue weighted by molar-refractivity contribution is 0.464. The summed E-state index contributed by atoms with van der Waals surface area (Å²) in [5, 5.41) is 10.0. The number of aryl methyl sites for hydroxylation is 1. The third-order valence-corrected chi connectivity index (χ3v) is 3.45. The van der Waals surface area contributed by atoms with Crippen LogP contribution in [0.2, 0.25) is 0 Å². The molecule has 0 amide bonds. The Bertz CT molecular complexity index is 342. The topological polar surface area (TPSA) is 20.2 Å². The Balaban J connectivity index is 2.85. The van der Waals surface area contributed by atoms with Gasteiger partial charge in [-0.25, -0.2) is 0 Å². The lowest BCUT2D eigenvalue weighted by Crippen LogP contribution is -1.99. The van der Waals surface area contributed by atoms with Crippen LogP contribution in [-0.2, 0) is 12.8 Å². The second-order valence-corrected chi connectivity index (χ2v) is 4.92. The highest BCUT2D eigenvalue weighted by Gasteiger charge is 2.10. The Morgan fingerprint density at radius 3 is 2.18 bits per heavy atom. The number of unbranched alkanes of at least 4 members (excludes halogenated alkanes) is 3. The molecule has 0 fully saturated rings. The molecule has 1 aromatic rings. The summed E-state index contributed by atoms with van der Waals surface area (Å²) in [5.74, 6) is 0.498. The second-order valence-electron chi connectivity index (χ2n) is 4.92. The van der Waals surface area contributed by atoms with Crippen LogP contribution in [0.4, 0.5) is 0 Å². The monoisotopic (exact) mass is 234 g/mol. The third-order valence-electron chi connectivity index (χ3n) is 3.45. The van der Waals surface area contributed by atoms with Gasteiger partial charge in [0.1, 0.15) is 5.75 Å². The molecule has 1 nitrogen and oxygen atoms in total. The van der Waals surface area contributed by atoms with E-state index in [4.69, 9.17) is 0 Å². The molecule has 0 heterocycles. The van der Waals surface area contributed by atoms with E-state index in [-0.39, 0.29) is 0 Å². The number of rotatable bonds is 7. The van der Waals surface area contributed by atoms with Crippen molar-refractivity contribution in [2.75, 3.05) is 0 Å². The molecule has 0 saturated carbocycles. The van der Waals surface area contributed by atoms with Crippen LogP contribution in [0.3, 0.4) is 0 Å². The first kappa shape index (κ1) is 14.1. The van der Waals surface area contributed by atoms with Crippen LogP contribution in [-0.4, -0.2) is 5.11 Å². The molecular weight excluding hydrogens is 208 g/mol. The van der Waals surface area contributed by atoms with Crippen molar-refractivity contribution >= 4 is 0 Å². The van der Waals surface area contributed by atoms with Gasteiger partial charge in [-0.3, -0.25) is 0 Å². The summed E-state index contributed by atoms with van der Waals surface area (Å²) in [5.41, 5.74) is 3.93. The van der Waals surface area contributed by atoms with Crippen LogP contribution in [0, 0.1) is 6.92 Å². The summed E-state index contributed by atoms with van der Waals surface area (Å²) in [4.78, 5) is 0. The van der Waals surface area contributed by atoms with E-state index in [0.717, 1.165) is 12.8 Å². The van der Waals surface area contributed by atoms with Gasteiger partial charge in [0, 0.05) is 0 Å². The summed E-state index contributed by atoms with van der Waals surface area (Å²) < 4.78 is 0. The van der Waals surface area contributed by atoms with Gasteiger partial charge in [-0.2, -0.15) is 0 Å². The van der Waals surface area contributed by atoms with Crippen molar-refractivity contribution in [3.63, 3.8) is 0 Å². The molecule has 0 aliphatic carbocycles. The number of phenols is 1. The quantitative estimate of drug-likeness (QED) is 0.673. The van der Waals surface area contributed by atoms with Gasteiger partial charge in [0.25, 0.3) is 0 Å². The average molecular weight is 234 g/mol. The third kappa shape index (κ3) is 4.07. The molecule has 0 radical (unpaired) electrons. The summed E-state index contributed by atoms with van der Waals surface area (Å²) in [6.07, 6.45) is 8.23. The summed E-state index contributed by atoms with van der Waals surface area (Å²) >= 11 is 0. The molecular formula is C16H26O. The molecule has 0 atom stereocenters. The number of hydrogen-bond acceptors (Lipinski definition) is 1. The van der Waals surface area contributed by atoms with Gasteiger partial charge in [-0.1, -0.05) is 39.2 Å². The van der Waals surface area contributed by atoms with Gasteiger partial charge >= 0.3 is 0 Å². The van der Waals surface area contributed by atoms with E-state index in [0.29, 0.717) is 5.75 Å². The minimum absolute atomic E-state index is 0.498. The first-order chi connectivity index (χ1) is 8.20. The van der Waals surface area contributed by atoms with Gasteiger partial charge in [0.2, 0.25) is 0 Å². The number of aromatic hydroxyl groups is 1. The first-order valence-electron chi connectivity index (χ1n) is 7.01. The summed E-state index contributed by atoms with van der Waals surface area (Å²) in [7, 11) is 0. The molecule has 17 heavy (non-hydrogen) atoms. The molecule has 0 bridgehead atoms. The SMILES string of the molecule is CCCCCc1c(O)ccc(C)c1CCCC. The maximum Gasteiger partial charge on any atom is 0.119 e. The molecule has 0 spiro atoms. The van der Waals surface area contributed by atoms with Gasteiger partial charge < -0.3 is 5.11 Å². The summed E-state index contributed by atoms with van der Waals surface area (Å²) in [6, 6.07) is 3.90. The predicted octanol–water partition coefficient (Wildman–Crippen LogP) is 4.78. The highest BCUT2D eigenvalue weighted by molar-refractivity contribution is 5.44. The standard InChI is InChI=1S/C16H26O/c1-4-6-8-10-15-14(9-7-5-2)13(3)11-12-16(15)17/h11-12,17H,4-10H2,1-3H3. The minimum atomic E-state index is 0.498. The van der Waals surface area contributed by atoms with Gasteiger partial charge in [0.15, 0.2) is 0 Å². The Morgan fingerprint density at radius 1 is 0.882 bits per heavy atom. The number of benzene rings is 1. The first-order valence-corrected chi connectivity index (χ1v) is 7.01. The molecule has 1 rings (SSSR count). The van der Waals surface area contributed by atoms with Crippen LogP contribution in [0.15, 0.2) is 12.1 Å². The van der Waals surface area contributed by atoms with E-state index >= 15 is 0 Å². The van der Waals surface area contributed by atoms with Gasteiger partial charge in [-0.15, -0.1) is 0 Å². The predicted molar refractivity (Wildman–Crippen MR) is 74.7 cm³/mol. The van der Waals surface area contributed by atoms with Crippen molar-refractivity contribution in [2.24, 2.45) is 0 Å². The van der Waals surface area contributed by atoms with Gasteiger partial charge in [0.05, 0.1) is 0 Å². The van der Waals surface area contributed by atoms with E-state index in [1.807, 2.05) is 12.1 Å². The Labute approximate surface area is 106 Å². The zero-order valence-corrected chi connectivity index (χ0v) is 11.6. The molecule has 1 N–H and O–H groups in total. The fourth-order valence-corrected chi connectivity index (χ4v) is 2.33. The van der Waals surface area contributed by atoms with Crippen LogP contribution >= 0.6 is 0 Å². The molecule has 0 aliphatic heterocycles. The van der Waals surface area contributed by atoms with Crippen LogP contribution in [0.5, 0.6) is 5.75 Å². The van der Waals surface area contributed by atoms with Crippen molar-refractivity contribution in [1.29, 1.82) is 0 Å². The maximum absolute atomic E-state index is 10.0. The molecule has 0 aromatic heterocycles. The van der Waals surface area contributed by atoms with Crippen LogP contribution < -0.4 is 0 Å². The van der Waals surface area contributed by atoms with Crippen LogP contribution in [0.25, 0.3) is 0 Å². The minimum Gasteiger partial charge on any atom is -0.508 e. The lowest BCUT2D eigenvalue weighted by Gasteiger charge is -2.14. The highest BCUT2D eigenvalue weighted by atomic mass is 16.3. The number of hydrogen-bond donors (Lipinski definition) is 1. The highest BCUT2D eigenvalue weighted by Crippen LogP contribution is 2.27. The van der Waals surface area contributed by atoms with Crippen LogP contribution in [0.1, 0.15) is 62.6 Å². The van der Waals surface area contributed by atoms with Gasteiger partial charge in [-0.05, 0) is 55.4 Å². The molecule has 0 saturated heterocycles. The molecule has 0 unspecified atom stereocenters. The van der Waals surface area contributed by atoms with E-state index in [9.17, 15) is 5.11 Å². The Morgan fingerprint density at radius 2 is 1.53 bits per heavy atom. The summed E-state index contributed by atoms with van der Waals surface area (Å²) in [6.45, 7) is 6.59. The largest absolute Gasteiger partial charge is 0.508 e. The molecule has 96 valence electrons. The maximum atomic E-state index is 10.0. The molecule has 1 heteroatoms. The molecule has 0 aliphatic rings.